The minimum absolute atomic E-state index is 0.226. The maximum Gasteiger partial charge on any atom is 0.335 e. The number of carboxylic acids is 1. The summed E-state index contributed by atoms with van der Waals surface area (Å²) in [6.07, 6.45) is 1.62. The number of fused-ring (bicyclic) bond motifs is 1. The molecule has 0 unspecified atom stereocenters. The lowest BCUT2D eigenvalue weighted by Crippen LogP contribution is -1.98. The van der Waals surface area contributed by atoms with Crippen LogP contribution in [0.5, 0.6) is 0 Å². The first kappa shape index (κ1) is 14.5. The van der Waals surface area contributed by atoms with Crippen molar-refractivity contribution in [1.29, 1.82) is 0 Å². The molecule has 22 heavy (non-hydrogen) atoms. The molecular formula is C18H14ClNO2. The molecule has 0 amide bonds. The van der Waals surface area contributed by atoms with Crippen LogP contribution in [0.3, 0.4) is 0 Å². The zero-order valence-electron chi connectivity index (χ0n) is 12.2. The van der Waals surface area contributed by atoms with Crippen molar-refractivity contribution in [2.75, 3.05) is 0 Å². The van der Waals surface area contributed by atoms with Crippen LogP contribution >= 0.6 is 11.6 Å². The summed E-state index contributed by atoms with van der Waals surface area (Å²) in [5, 5.41) is 11.3. The van der Waals surface area contributed by atoms with Crippen LogP contribution in [0.2, 0.25) is 5.02 Å². The van der Waals surface area contributed by atoms with Gasteiger partial charge in [-0.2, -0.15) is 0 Å². The number of pyridine rings is 1. The Bertz CT molecular complexity index is 883. The van der Waals surface area contributed by atoms with Gasteiger partial charge in [-0.15, -0.1) is 0 Å². The number of halogens is 1. The summed E-state index contributed by atoms with van der Waals surface area (Å²) in [4.78, 5) is 15.7. The van der Waals surface area contributed by atoms with E-state index in [1.807, 2.05) is 32.0 Å². The molecule has 3 aromatic rings. The highest BCUT2D eigenvalue weighted by Crippen LogP contribution is 2.34. The summed E-state index contributed by atoms with van der Waals surface area (Å²) in [5.41, 5.74) is 4.20. The molecule has 0 aliphatic heterocycles. The maximum atomic E-state index is 11.3. The Morgan fingerprint density at radius 2 is 1.77 bits per heavy atom. The minimum atomic E-state index is -0.964. The van der Waals surface area contributed by atoms with Crippen molar-refractivity contribution < 1.29 is 9.90 Å². The molecule has 0 saturated carbocycles. The molecule has 0 radical (unpaired) electrons. The van der Waals surface area contributed by atoms with Gasteiger partial charge in [0, 0.05) is 22.5 Å². The Morgan fingerprint density at radius 3 is 2.41 bits per heavy atom. The average Bonchev–Trinajstić information content (AvgIpc) is 2.49. The Hall–Kier alpha value is -2.39. The Morgan fingerprint density at radius 1 is 1.09 bits per heavy atom. The molecule has 4 heteroatoms. The summed E-state index contributed by atoms with van der Waals surface area (Å²) in [5.74, 6) is -0.964. The van der Waals surface area contributed by atoms with Crippen molar-refractivity contribution >= 4 is 28.3 Å². The topological polar surface area (TPSA) is 50.2 Å². The predicted octanol–water partition coefficient (Wildman–Crippen LogP) is 4.87. The number of hydrogen-bond donors (Lipinski definition) is 1. The molecule has 110 valence electrons. The number of hydrogen-bond acceptors (Lipinski definition) is 2. The molecule has 1 N–H and O–H groups in total. The van der Waals surface area contributed by atoms with Crippen molar-refractivity contribution in [2.45, 2.75) is 13.8 Å². The zero-order valence-corrected chi connectivity index (χ0v) is 13.0. The van der Waals surface area contributed by atoms with Gasteiger partial charge in [-0.05, 0) is 37.1 Å². The van der Waals surface area contributed by atoms with Gasteiger partial charge in [0.05, 0.1) is 16.3 Å². The number of aryl methyl sites for hydroxylation is 2. The smallest absolute Gasteiger partial charge is 0.335 e. The second-order valence-corrected chi connectivity index (χ2v) is 5.69. The molecule has 0 saturated heterocycles. The number of aromatic carboxylic acids is 1. The normalized spacial score (nSPS) is 10.9. The molecule has 1 aromatic heterocycles. The first-order valence-electron chi connectivity index (χ1n) is 6.87. The van der Waals surface area contributed by atoms with Crippen LogP contribution in [0.25, 0.3) is 22.0 Å². The molecule has 0 fully saturated rings. The highest BCUT2D eigenvalue weighted by atomic mass is 35.5. The lowest BCUT2D eigenvalue weighted by molar-refractivity contribution is 0.0697. The van der Waals surface area contributed by atoms with E-state index in [2.05, 4.69) is 4.98 Å². The van der Waals surface area contributed by atoms with Crippen LogP contribution in [0.4, 0.5) is 0 Å². The predicted molar refractivity (Wildman–Crippen MR) is 88.6 cm³/mol. The molecule has 0 atom stereocenters. The van der Waals surface area contributed by atoms with Crippen LogP contribution in [0.1, 0.15) is 21.5 Å². The number of rotatable bonds is 2. The van der Waals surface area contributed by atoms with E-state index in [0.717, 1.165) is 33.2 Å². The lowest BCUT2D eigenvalue weighted by Gasteiger charge is -2.13. The van der Waals surface area contributed by atoms with Gasteiger partial charge in [0.1, 0.15) is 0 Å². The molecule has 0 aliphatic carbocycles. The lowest BCUT2D eigenvalue weighted by atomic mass is 9.95. The van der Waals surface area contributed by atoms with Crippen LogP contribution in [-0.2, 0) is 0 Å². The largest absolute Gasteiger partial charge is 0.478 e. The van der Waals surface area contributed by atoms with E-state index in [4.69, 9.17) is 11.6 Å². The first-order valence-corrected chi connectivity index (χ1v) is 7.25. The fourth-order valence-electron chi connectivity index (χ4n) is 2.73. The van der Waals surface area contributed by atoms with E-state index in [1.54, 1.807) is 24.4 Å². The van der Waals surface area contributed by atoms with Crippen LogP contribution in [0, 0.1) is 13.8 Å². The van der Waals surface area contributed by atoms with E-state index in [1.165, 1.54) is 0 Å². The number of aromatic nitrogens is 1. The molecule has 2 aromatic carbocycles. The van der Waals surface area contributed by atoms with Crippen molar-refractivity contribution in [1.82, 2.24) is 4.98 Å². The van der Waals surface area contributed by atoms with E-state index in [9.17, 15) is 9.90 Å². The Labute approximate surface area is 133 Å². The SMILES string of the molecule is Cc1cccc(C)c1-c1ncc(Cl)c2ccc(C(=O)O)cc12. The monoisotopic (exact) mass is 311 g/mol. The van der Waals surface area contributed by atoms with Gasteiger partial charge in [-0.25, -0.2) is 4.79 Å². The van der Waals surface area contributed by atoms with E-state index >= 15 is 0 Å². The number of carbonyl (C=O) groups is 1. The van der Waals surface area contributed by atoms with E-state index in [-0.39, 0.29) is 5.56 Å². The van der Waals surface area contributed by atoms with Crippen molar-refractivity contribution in [3.63, 3.8) is 0 Å². The van der Waals surface area contributed by atoms with Gasteiger partial charge in [-0.1, -0.05) is 35.9 Å². The molecule has 0 bridgehead atoms. The van der Waals surface area contributed by atoms with Gasteiger partial charge >= 0.3 is 5.97 Å². The molecule has 0 spiro atoms. The first-order chi connectivity index (χ1) is 10.5. The van der Waals surface area contributed by atoms with Crippen LogP contribution in [0.15, 0.2) is 42.6 Å². The number of nitrogens with zero attached hydrogens (tertiary/aromatic N) is 1. The van der Waals surface area contributed by atoms with Crippen molar-refractivity contribution in [3.8, 4) is 11.3 Å². The van der Waals surface area contributed by atoms with Crippen molar-refractivity contribution in [3.05, 3.63) is 64.3 Å². The highest BCUT2D eigenvalue weighted by molar-refractivity contribution is 6.35. The van der Waals surface area contributed by atoms with Crippen LogP contribution < -0.4 is 0 Å². The molecule has 0 aliphatic rings. The maximum absolute atomic E-state index is 11.3. The van der Waals surface area contributed by atoms with E-state index in [0.29, 0.717) is 5.02 Å². The second kappa shape index (κ2) is 5.43. The quantitative estimate of drug-likeness (QED) is 0.734. The number of benzene rings is 2. The number of carboxylic acid groups (broad SMARTS) is 1. The Balaban J connectivity index is 2.41. The summed E-state index contributed by atoms with van der Waals surface area (Å²) >= 11 is 6.22. The second-order valence-electron chi connectivity index (χ2n) is 5.29. The third kappa shape index (κ3) is 2.34. The minimum Gasteiger partial charge on any atom is -0.478 e. The van der Waals surface area contributed by atoms with Gasteiger partial charge in [0.15, 0.2) is 0 Å². The summed E-state index contributed by atoms with van der Waals surface area (Å²) in [6.45, 7) is 4.04. The molecule has 3 rings (SSSR count). The van der Waals surface area contributed by atoms with Gasteiger partial charge < -0.3 is 5.11 Å². The molecule has 3 nitrogen and oxygen atoms in total. The van der Waals surface area contributed by atoms with Gasteiger partial charge in [0.25, 0.3) is 0 Å². The Kier molecular flexibility index (Phi) is 3.59. The molecular weight excluding hydrogens is 298 g/mol. The standard InChI is InChI=1S/C18H14ClNO2/c1-10-4-3-5-11(2)16(10)17-14-8-12(18(21)22)6-7-13(14)15(19)9-20-17/h3-9H,1-2H3,(H,21,22). The average molecular weight is 312 g/mol. The van der Waals surface area contributed by atoms with Crippen molar-refractivity contribution in [2.24, 2.45) is 0 Å². The molecule has 1 heterocycles. The zero-order chi connectivity index (χ0) is 15.9. The summed E-state index contributed by atoms with van der Waals surface area (Å²) in [6, 6.07) is 11.0. The fraction of sp³-hybridized carbons (Fsp3) is 0.111. The van der Waals surface area contributed by atoms with Gasteiger partial charge in [0.2, 0.25) is 0 Å². The summed E-state index contributed by atoms with van der Waals surface area (Å²) in [7, 11) is 0. The third-order valence-electron chi connectivity index (χ3n) is 3.80. The van der Waals surface area contributed by atoms with Crippen LogP contribution in [-0.4, -0.2) is 16.1 Å². The van der Waals surface area contributed by atoms with E-state index < -0.39 is 5.97 Å². The summed E-state index contributed by atoms with van der Waals surface area (Å²) < 4.78 is 0. The highest BCUT2D eigenvalue weighted by Gasteiger charge is 2.14. The third-order valence-corrected chi connectivity index (χ3v) is 4.11. The van der Waals surface area contributed by atoms with Gasteiger partial charge in [-0.3, -0.25) is 4.98 Å². The fourth-order valence-corrected chi connectivity index (χ4v) is 2.94.